The Hall–Kier alpha value is -2.75. The molecule has 2 aromatic rings. The number of hydrogen-bond donors (Lipinski definition) is 2. The Labute approximate surface area is 117 Å². The van der Waals surface area contributed by atoms with Crippen molar-refractivity contribution < 1.29 is 14.6 Å². The number of aromatic hydroxyl groups is 1. The van der Waals surface area contributed by atoms with E-state index in [1.807, 2.05) is 18.2 Å². The summed E-state index contributed by atoms with van der Waals surface area (Å²) in [7, 11) is 1.45. The van der Waals surface area contributed by atoms with Crippen molar-refractivity contribution in [3.05, 3.63) is 60.7 Å². The molecule has 0 aliphatic heterocycles. The van der Waals surface area contributed by atoms with Gasteiger partial charge >= 0.3 is 0 Å². The van der Waals surface area contributed by atoms with Gasteiger partial charge in [-0.25, -0.2) is 0 Å². The lowest BCUT2D eigenvalue weighted by molar-refractivity contribution is -0.111. The molecule has 0 saturated heterocycles. The maximum Gasteiger partial charge on any atom is 0.255 e. The zero-order chi connectivity index (χ0) is 14.5. The van der Waals surface area contributed by atoms with E-state index in [-0.39, 0.29) is 11.7 Å². The molecule has 0 radical (unpaired) electrons. The molecule has 4 heteroatoms. The zero-order valence-electron chi connectivity index (χ0n) is 11.1. The summed E-state index contributed by atoms with van der Waals surface area (Å²) in [6, 6.07) is 13.8. The van der Waals surface area contributed by atoms with E-state index in [9.17, 15) is 9.90 Å². The molecular weight excluding hydrogens is 254 g/mol. The Bertz CT molecular complexity index is 635. The van der Waals surface area contributed by atoms with Gasteiger partial charge in [0.15, 0.2) is 11.5 Å². The van der Waals surface area contributed by atoms with Crippen molar-refractivity contribution >= 4 is 17.2 Å². The molecule has 1 amide bonds. The molecule has 0 aliphatic rings. The number of rotatable bonds is 4. The van der Waals surface area contributed by atoms with E-state index in [1.165, 1.54) is 13.2 Å². The second kappa shape index (κ2) is 5.93. The fourth-order valence-electron chi connectivity index (χ4n) is 1.72. The molecule has 0 saturated carbocycles. The van der Waals surface area contributed by atoms with Crippen molar-refractivity contribution in [2.24, 2.45) is 0 Å². The fourth-order valence-corrected chi connectivity index (χ4v) is 1.72. The predicted octanol–water partition coefficient (Wildman–Crippen LogP) is 3.05. The van der Waals surface area contributed by atoms with Gasteiger partial charge in [0.2, 0.25) is 0 Å². The second-order valence-electron chi connectivity index (χ2n) is 4.19. The molecule has 0 unspecified atom stereocenters. The number of carbonyl (C=O) groups is 1. The van der Waals surface area contributed by atoms with Gasteiger partial charge in [0.1, 0.15) is 0 Å². The number of amides is 1. The lowest BCUT2D eigenvalue weighted by Gasteiger charge is -2.10. The number of phenols is 1. The summed E-state index contributed by atoms with van der Waals surface area (Å²) in [6.07, 6.45) is 0. The van der Waals surface area contributed by atoms with Crippen LogP contribution < -0.4 is 10.1 Å². The van der Waals surface area contributed by atoms with Gasteiger partial charge < -0.3 is 15.2 Å². The molecule has 102 valence electrons. The first-order valence-electron chi connectivity index (χ1n) is 6.04. The number of phenolic OH excluding ortho intramolecular Hbond substituents is 1. The summed E-state index contributed by atoms with van der Waals surface area (Å²) in [5, 5.41) is 12.3. The van der Waals surface area contributed by atoms with Gasteiger partial charge in [0, 0.05) is 11.3 Å². The number of ether oxygens (including phenoxy) is 1. The van der Waals surface area contributed by atoms with Crippen LogP contribution in [0.1, 0.15) is 5.56 Å². The standard InChI is InChI=1S/C16H15NO3/c1-11(12-8-9-14(18)15(10-12)20-2)16(19)17-13-6-4-3-5-7-13/h3-10,18H,1H2,2H3,(H,17,19). The van der Waals surface area contributed by atoms with Gasteiger partial charge in [-0.2, -0.15) is 0 Å². The first-order valence-corrected chi connectivity index (χ1v) is 6.04. The largest absolute Gasteiger partial charge is 0.504 e. The summed E-state index contributed by atoms with van der Waals surface area (Å²) >= 11 is 0. The minimum absolute atomic E-state index is 0.0208. The van der Waals surface area contributed by atoms with Gasteiger partial charge in [-0.15, -0.1) is 0 Å². The number of benzene rings is 2. The molecule has 20 heavy (non-hydrogen) atoms. The molecule has 2 rings (SSSR count). The number of carbonyl (C=O) groups excluding carboxylic acids is 1. The minimum Gasteiger partial charge on any atom is -0.504 e. The lowest BCUT2D eigenvalue weighted by Crippen LogP contribution is -2.12. The number of hydrogen-bond acceptors (Lipinski definition) is 3. The van der Waals surface area contributed by atoms with E-state index in [4.69, 9.17) is 4.74 Å². The van der Waals surface area contributed by atoms with Gasteiger partial charge in [0.25, 0.3) is 5.91 Å². The molecule has 0 heterocycles. The first-order chi connectivity index (χ1) is 9.61. The van der Waals surface area contributed by atoms with E-state index in [2.05, 4.69) is 11.9 Å². The molecule has 0 spiro atoms. The van der Waals surface area contributed by atoms with Crippen LogP contribution in [0, 0.1) is 0 Å². The monoisotopic (exact) mass is 269 g/mol. The van der Waals surface area contributed by atoms with Crippen molar-refractivity contribution in [3.8, 4) is 11.5 Å². The van der Waals surface area contributed by atoms with Crippen molar-refractivity contribution in [2.75, 3.05) is 12.4 Å². The van der Waals surface area contributed by atoms with Crippen molar-refractivity contribution in [2.45, 2.75) is 0 Å². The number of nitrogens with one attached hydrogen (secondary N) is 1. The molecule has 2 aromatic carbocycles. The number of methoxy groups -OCH3 is 1. The van der Waals surface area contributed by atoms with Gasteiger partial charge in [-0.3, -0.25) is 4.79 Å². The summed E-state index contributed by atoms with van der Waals surface area (Å²) < 4.78 is 5.01. The predicted molar refractivity (Wildman–Crippen MR) is 78.8 cm³/mol. The Balaban J connectivity index is 2.17. The van der Waals surface area contributed by atoms with E-state index >= 15 is 0 Å². The third-order valence-electron chi connectivity index (χ3n) is 2.83. The van der Waals surface area contributed by atoms with Crippen LogP contribution >= 0.6 is 0 Å². The van der Waals surface area contributed by atoms with E-state index in [0.29, 0.717) is 22.6 Å². The number of para-hydroxylation sites is 1. The summed E-state index contributed by atoms with van der Waals surface area (Å²) in [4.78, 5) is 12.1. The van der Waals surface area contributed by atoms with Crippen molar-refractivity contribution in [3.63, 3.8) is 0 Å². The van der Waals surface area contributed by atoms with E-state index < -0.39 is 0 Å². The quantitative estimate of drug-likeness (QED) is 0.839. The average molecular weight is 269 g/mol. The van der Waals surface area contributed by atoms with Crippen LogP contribution in [-0.4, -0.2) is 18.1 Å². The highest BCUT2D eigenvalue weighted by Gasteiger charge is 2.12. The van der Waals surface area contributed by atoms with Crippen LogP contribution in [0.4, 0.5) is 5.69 Å². The van der Waals surface area contributed by atoms with Crippen LogP contribution in [0.5, 0.6) is 11.5 Å². The Morgan fingerprint density at radius 1 is 1.20 bits per heavy atom. The van der Waals surface area contributed by atoms with Crippen LogP contribution in [0.15, 0.2) is 55.1 Å². The Morgan fingerprint density at radius 3 is 2.55 bits per heavy atom. The highest BCUT2D eigenvalue weighted by atomic mass is 16.5. The van der Waals surface area contributed by atoms with Crippen molar-refractivity contribution in [1.29, 1.82) is 0 Å². The highest BCUT2D eigenvalue weighted by Crippen LogP contribution is 2.29. The average Bonchev–Trinajstić information content (AvgIpc) is 2.48. The maximum absolute atomic E-state index is 12.1. The normalized spacial score (nSPS) is 9.85. The molecule has 0 fully saturated rings. The third-order valence-corrected chi connectivity index (χ3v) is 2.83. The molecule has 4 nitrogen and oxygen atoms in total. The highest BCUT2D eigenvalue weighted by molar-refractivity contribution is 6.24. The summed E-state index contributed by atoms with van der Waals surface area (Å²) in [6.45, 7) is 3.78. The van der Waals surface area contributed by atoms with E-state index in [1.54, 1.807) is 24.3 Å². The van der Waals surface area contributed by atoms with Gasteiger partial charge in [-0.1, -0.05) is 30.8 Å². The molecule has 0 aromatic heterocycles. The first kappa shape index (κ1) is 13.7. The molecule has 2 N–H and O–H groups in total. The Kier molecular flexibility index (Phi) is 4.05. The minimum atomic E-state index is -0.302. The van der Waals surface area contributed by atoms with Crippen molar-refractivity contribution in [1.82, 2.24) is 0 Å². The molecule has 0 bridgehead atoms. The van der Waals surface area contributed by atoms with Crippen LogP contribution in [-0.2, 0) is 4.79 Å². The van der Waals surface area contributed by atoms with Crippen LogP contribution in [0.25, 0.3) is 5.57 Å². The third kappa shape index (κ3) is 2.98. The Morgan fingerprint density at radius 2 is 1.90 bits per heavy atom. The molecule has 0 atom stereocenters. The zero-order valence-corrected chi connectivity index (χ0v) is 11.1. The van der Waals surface area contributed by atoms with E-state index in [0.717, 1.165) is 0 Å². The smallest absolute Gasteiger partial charge is 0.255 e. The summed E-state index contributed by atoms with van der Waals surface area (Å²) in [5.41, 5.74) is 1.59. The van der Waals surface area contributed by atoms with Crippen LogP contribution in [0.3, 0.4) is 0 Å². The lowest BCUT2D eigenvalue weighted by atomic mass is 10.1. The number of anilines is 1. The topological polar surface area (TPSA) is 58.6 Å². The van der Waals surface area contributed by atoms with Gasteiger partial charge in [0.05, 0.1) is 7.11 Å². The van der Waals surface area contributed by atoms with Crippen LogP contribution in [0.2, 0.25) is 0 Å². The maximum atomic E-state index is 12.1. The molecular formula is C16H15NO3. The van der Waals surface area contributed by atoms with Gasteiger partial charge in [-0.05, 0) is 29.8 Å². The SMILES string of the molecule is C=C(C(=O)Nc1ccccc1)c1ccc(O)c(OC)c1. The molecule has 0 aliphatic carbocycles. The summed E-state index contributed by atoms with van der Waals surface area (Å²) in [5.74, 6) is 0.0209. The fraction of sp³-hybridized carbons (Fsp3) is 0.0625. The second-order valence-corrected chi connectivity index (χ2v) is 4.19.